The van der Waals surface area contributed by atoms with Crippen LogP contribution >= 0.6 is 0 Å². The molecule has 1 amide bonds. The SMILES string of the molecule is COc1ccc(S(=O)(=O)N(C)c2cc(C(=O)N(C)Cc3ccco3)ccc2C)cc1. The summed E-state index contributed by atoms with van der Waals surface area (Å²) >= 11 is 0. The second-order valence-corrected chi connectivity index (χ2v) is 8.86. The Balaban J connectivity index is 1.88. The highest BCUT2D eigenvalue weighted by Crippen LogP contribution is 2.28. The van der Waals surface area contributed by atoms with Crippen LogP contribution in [-0.2, 0) is 16.6 Å². The zero-order chi connectivity index (χ0) is 21.9. The smallest absolute Gasteiger partial charge is 0.264 e. The summed E-state index contributed by atoms with van der Waals surface area (Å²) in [5, 5.41) is 0. The lowest BCUT2D eigenvalue weighted by Gasteiger charge is -2.23. The monoisotopic (exact) mass is 428 g/mol. The van der Waals surface area contributed by atoms with Crippen LogP contribution in [0.15, 0.2) is 70.2 Å². The molecule has 1 heterocycles. The Hall–Kier alpha value is -3.26. The standard InChI is InChI=1S/C22H24N2O5S/c1-16-7-8-17(22(25)23(2)15-19-6-5-13-29-19)14-21(16)24(3)30(26,27)20-11-9-18(28-4)10-12-20/h5-14H,15H2,1-4H3. The van der Waals surface area contributed by atoms with Crippen LogP contribution in [-0.4, -0.2) is 40.4 Å². The van der Waals surface area contributed by atoms with Crippen LogP contribution in [0.2, 0.25) is 0 Å². The van der Waals surface area contributed by atoms with E-state index in [-0.39, 0.29) is 10.8 Å². The van der Waals surface area contributed by atoms with Gasteiger partial charge >= 0.3 is 0 Å². The Kier molecular flexibility index (Phi) is 6.17. The largest absolute Gasteiger partial charge is 0.497 e. The molecule has 0 saturated carbocycles. The van der Waals surface area contributed by atoms with Crippen molar-refractivity contribution in [1.82, 2.24) is 4.90 Å². The first-order valence-electron chi connectivity index (χ1n) is 9.25. The van der Waals surface area contributed by atoms with Crippen molar-refractivity contribution >= 4 is 21.6 Å². The van der Waals surface area contributed by atoms with Crippen molar-refractivity contribution in [1.29, 1.82) is 0 Å². The van der Waals surface area contributed by atoms with Crippen LogP contribution in [0.25, 0.3) is 0 Å². The second-order valence-electron chi connectivity index (χ2n) is 6.89. The summed E-state index contributed by atoms with van der Waals surface area (Å²) in [5.41, 5.74) is 1.56. The number of aryl methyl sites for hydroxylation is 1. The molecule has 1 aromatic heterocycles. The highest BCUT2D eigenvalue weighted by molar-refractivity contribution is 7.92. The second kappa shape index (κ2) is 8.62. The van der Waals surface area contributed by atoms with Gasteiger partial charge in [-0.1, -0.05) is 6.07 Å². The van der Waals surface area contributed by atoms with Gasteiger partial charge in [0, 0.05) is 19.7 Å². The molecule has 0 saturated heterocycles. The number of anilines is 1. The summed E-state index contributed by atoms with van der Waals surface area (Å²) < 4.78 is 37.7. The number of hydrogen-bond donors (Lipinski definition) is 0. The molecule has 3 aromatic rings. The maximum atomic E-state index is 13.1. The number of nitrogens with zero attached hydrogens (tertiary/aromatic N) is 2. The van der Waals surface area contributed by atoms with Crippen LogP contribution in [0.5, 0.6) is 5.75 Å². The summed E-state index contributed by atoms with van der Waals surface area (Å²) in [6.07, 6.45) is 1.55. The fourth-order valence-electron chi connectivity index (χ4n) is 3.05. The average Bonchev–Trinajstić information content (AvgIpc) is 3.26. The van der Waals surface area contributed by atoms with Gasteiger partial charge in [0.25, 0.3) is 15.9 Å². The molecular weight excluding hydrogens is 404 g/mol. The molecule has 0 spiro atoms. The summed E-state index contributed by atoms with van der Waals surface area (Å²) in [5.74, 6) is 1.00. The summed E-state index contributed by atoms with van der Waals surface area (Å²) in [6.45, 7) is 2.12. The third-order valence-electron chi connectivity index (χ3n) is 4.83. The van der Waals surface area contributed by atoms with Crippen molar-refractivity contribution < 1.29 is 22.4 Å². The molecule has 7 nitrogen and oxygen atoms in total. The van der Waals surface area contributed by atoms with E-state index in [2.05, 4.69) is 0 Å². The molecule has 0 bridgehead atoms. The number of sulfonamides is 1. The van der Waals surface area contributed by atoms with E-state index in [1.807, 2.05) is 0 Å². The number of methoxy groups -OCH3 is 1. The van der Waals surface area contributed by atoms with E-state index in [4.69, 9.17) is 9.15 Å². The zero-order valence-electron chi connectivity index (χ0n) is 17.3. The predicted molar refractivity (Wildman–Crippen MR) is 114 cm³/mol. The van der Waals surface area contributed by atoms with Crippen molar-refractivity contribution in [3.05, 3.63) is 77.7 Å². The lowest BCUT2D eigenvalue weighted by molar-refractivity contribution is 0.0775. The van der Waals surface area contributed by atoms with Gasteiger partial charge < -0.3 is 14.1 Å². The Bertz CT molecular complexity index is 1120. The van der Waals surface area contributed by atoms with Crippen molar-refractivity contribution in [2.45, 2.75) is 18.4 Å². The van der Waals surface area contributed by atoms with E-state index in [1.165, 1.54) is 35.5 Å². The quantitative estimate of drug-likeness (QED) is 0.573. The molecule has 158 valence electrons. The minimum atomic E-state index is -3.81. The number of furan rings is 1. The topological polar surface area (TPSA) is 80.1 Å². The summed E-state index contributed by atoms with van der Waals surface area (Å²) in [6, 6.07) is 14.7. The molecule has 8 heteroatoms. The lowest BCUT2D eigenvalue weighted by atomic mass is 10.1. The molecule has 0 aliphatic rings. The van der Waals surface area contributed by atoms with Gasteiger partial charge in [0.1, 0.15) is 11.5 Å². The fourth-order valence-corrected chi connectivity index (χ4v) is 4.30. The van der Waals surface area contributed by atoms with Crippen LogP contribution in [0.3, 0.4) is 0 Å². The number of carbonyl (C=O) groups is 1. The van der Waals surface area contributed by atoms with Crippen LogP contribution in [0, 0.1) is 6.92 Å². The number of carbonyl (C=O) groups excluding carboxylic acids is 1. The van der Waals surface area contributed by atoms with Crippen molar-refractivity contribution in [2.75, 3.05) is 25.5 Å². The van der Waals surface area contributed by atoms with E-state index >= 15 is 0 Å². The van der Waals surface area contributed by atoms with Gasteiger partial charge in [-0.3, -0.25) is 9.10 Å². The molecule has 0 aliphatic heterocycles. The number of benzene rings is 2. The Morgan fingerprint density at radius 1 is 1.07 bits per heavy atom. The third-order valence-corrected chi connectivity index (χ3v) is 6.62. The maximum Gasteiger partial charge on any atom is 0.264 e. The van der Waals surface area contributed by atoms with E-state index in [1.54, 1.807) is 62.7 Å². The Labute approximate surface area is 176 Å². The van der Waals surface area contributed by atoms with Crippen LogP contribution in [0.1, 0.15) is 21.7 Å². The Morgan fingerprint density at radius 2 is 1.77 bits per heavy atom. The van der Waals surface area contributed by atoms with Crippen LogP contribution < -0.4 is 9.04 Å². The van der Waals surface area contributed by atoms with Gasteiger partial charge in [-0.25, -0.2) is 8.42 Å². The number of hydrogen-bond acceptors (Lipinski definition) is 5. The highest BCUT2D eigenvalue weighted by atomic mass is 32.2. The lowest BCUT2D eigenvalue weighted by Crippen LogP contribution is -2.29. The van der Waals surface area contributed by atoms with E-state index in [9.17, 15) is 13.2 Å². The predicted octanol–water partition coefficient (Wildman–Crippen LogP) is 3.69. The third kappa shape index (κ3) is 4.33. The number of rotatable bonds is 7. The summed E-state index contributed by atoms with van der Waals surface area (Å²) in [7, 11) is 0.857. The molecule has 30 heavy (non-hydrogen) atoms. The summed E-state index contributed by atoms with van der Waals surface area (Å²) in [4.78, 5) is 14.5. The first-order chi connectivity index (χ1) is 14.2. The zero-order valence-corrected chi connectivity index (χ0v) is 18.1. The number of ether oxygens (including phenoxy) is 1. The van der Waals surface area contributed by atoms with Gasteiger partial charge in [0.15, 0.2) is 0 Å². The molecule has 2 aromatic carbocycles. The molecule has 0 aliphatic carbocycles. The van der Waals surface area contributed by atoms with Crippen molar-refractivity contribution in [3.63, 3.8) is 0 Å². The van der Waals surface area contributed by atoms with E-state index in [0.29, 0.717) is 29.3 Å². The van der Waals surface area contributed by atoms with E-state index in [0.717, 1.165) is 5.56 Å². The van der Waals surface area contributed by atoms with E-state index < -0.39 is 10.0 Å². The molecule has 0 unspecified atom stereocenters. The maximum absolute atomic E-state index is 13.1. The first kappa shape index (κ1) is 21.4. The normalized spacial score (nSPS) is 11.2. The minimum Gasteiger partial charge on any atom is -0.497 e. The molecule has 0 N–H and O–H groups in total. The van der Waals surface area contributed by atoms with Crippen molar-refractivity contribution in [2.24, 2.45) is 0 Å². The van der Waals surface area contributed by atoms with Crippen LogP contribution in [0.4, 0.5) is 5.69 Å². The van der Waals surface area contributed by atoms with Gasteiger partial charge in [-0.05, 0) is 61.0 Å². The van der Waals surface area contributed by atoms with Crippen molar-refractivity contribution in [3.8, 4) is 5.75 Å². The van der Waals surface area contributed by atoms with Gasteiger partial charge in [0.2, 0.25) is 0 Å². The molecule has 0 radical (unpaired) electrons. The first-order valence-corrected chi connectivity index (χ1v) is 10.7. The molecule has 0 atom stereocenters. The highest BCUT2D eigenvalue weighted by Gasteiger charge is 2.24. The minimum absolute atomic E-state index is 0.136. The van der Waals surface area contributed by atoms with Gasteiger partial charge in [-0.15, -0.1) is 0 Å². The van der Waals surface area contributed by atoms with Gasteiger partial charge in [-0.2, -0.15) is 0 Å². The average molecular weight is 429 g/mol. The Morgan fingerprint density at radius 3 is 2.37 bits per heavy atom. The molecular formula is C22H24N2O5S. The molecule has 3 rings (SSSR count). The number of amides is 1. The van der Waals surface area contributed by atoms with Gasteiger partial charge in [0.05, 0.1) is 30.5 Å². The molecule has 0 fully saturated rings. The fraction of sp³-hybridized carbons (Fsp3) is 0.227.